The van der Waals surface area contributed by atoms with E-state index in [2.05, 4.69) is 19.9 Å². The van der Waals surface area contributed by atoms with Crippen molar-refractivity contribution < 1.29 is 27.8 Å². The second kappa shape index (κ2) is 11.2. The van der Waals surface area contributed by atoms with Crippen LogP contribution in [-0.2, 0) is 11.4 Å². The zero-order chi connectivity index (χ0) is 28.4. The van der Waals surface area contributed by atoms with Crippen molar-refractivity contribution in [2.24, 2.45) is 0 Å². The molecule has 1 aliphatic heterocycles. The SMILES string of the molecule is Cc1cc(-c2c(OCc3cccc(N4CCC[C@@H]4C(=O)O)n3)nc(N)nc2-c2ccc(F)cc2)cc(C(F)F)n1. The number of aromatic nitrogens is 4. The number of carboxylic acids is 1. The lowest BCUT2D eigenvalue weighted by atomic mass is 9.99. The van der Waals surface area contributed by atoms with E-state index in [1.807, 2.05) is 0 Å². The quantitative estimate of drug-likeness (QED) is 0.304. The number of aliphatic carboxylic acids is 1. The Bertz CT molecular complexity index is 1550. The first kappa shape index (κ1) is 26.9. The molecule has 3 N–H and O–H groups in total. The minimum atomic E-state index is -2.82. The van der Waals surface area contributed by atoms with Crippen molar-refractivity contribution >= 4 is 17.7 Å². The van der Waals surface area contributed by atoms with Crippen LogP contribution < -0.4 is 15.4 Å². The van der Waals surface area contributed by atoms with Crippen molar-refractivity contribution in [1.82, 2.24) is 19.9 Å². The van der Waals surface area contributed by atoms with Gasteiger partial charge < -0.3 is 20.5 Å². The van der Waals surface area contributed by atoms with Gasteiger partial charge >= 0.3 is 5.97 Å². The van der Waals surface area contributed by atoms with E-state index < -0.39 is 29.9 Å². The number of nitrogens with two attached hydrogens (primary N) is 1. The molecule has 0 amide bonds. The Labute approximate surface area is 227 Å². The predicted molar refractivity (Wildman–Crippen MR) is 141 cm³/mol. The largest absolute Gasteiger partial charge is 0.480 e. The maximum atomic E-state index is 13.7. The van der Waals surface area contributed by atoms with Crippen molar-refractivity contribution in [3.05, 3.63) is 77.5 Å². The van der Waals surface area contributed by atoms with Gasteiger partial charge in [0.2, 0.25) is 11.8 Å². The van der Waals surface area contributed by atoms with Crippen LogP contribution in [0.3, 0.4) is 0 Å². The number of alkyl halides is 2. The number of anilines is 2. The van der Waals surface area contributed by atoms with Gasteiger partial charge in [-0.2, -0.15) is 4.98 Å². The third-order valence-corrected chi connectivity index (χ3v) is 6.48. The summed E-state index contributed by atoms with van der Waals surface area (Å²) in [5.41, 5.74) is 7.73. The normalized spacial score (nSPS) is 15.0. The van der Waals surface area contributed by atoms with Crippen molar-refractivity contribution in [2.45, 2.75) is 38.8 Å². The summed E-state index contributed by atoms with van der Waals surface area (Å²) in [6.07, 6.45) is -1.56. The fourth-order valence-corrected chi connectivity index (χ4v) is 4.74. The van der Waals surface area contributed by atoms with Gasteiger partial charge in [-0.25, -0.2) is 27.9 Å². The molecule has 206 valence electrons. The van der Waals surface area contributed by atoms with E-state index >= 15 is 0 Å². The summed E-state index contributed by atoms with van der Waals surface area (Å²) in [6.45, 7) is 2.07. The fraction of sp³-hybridized carbons (Fsp3) is 0.250. The van der Waals surface area contributed by atoms with Gasteiger partial charge in [0, 0.05) is 17.8 Å². The zero-order valence-corrected chi connectivity index (χ0v) is 21.4. The Hall–Kier alpha value is -4.74. The van der Waals surface area contributed by atoms with Crippen LogP contribution in [0.5, 0.6) is 5.88 Å². The average Bonchev–Trinajstić information content (AvgIpc) is 3.42. The van der Waals surface area contributed by atoms with Gasteiger partial charge in [-0.3, -0.25) is 4.98 Å². The van der Waals surface area contributed by atoms with Crippen LogP contribution in [0.25, 0.3) is 22.4 Å². The summed E-state index contributed by atoms with van der Waals surface area (Å²) in [6, 6.07) is 12.8. The lowest BCUT2D eigenvalue weighted by Gasteiger charge is -2.23. The summed E-state index contributed by atoms with van der Waals surface area (Å²) in [7, 11) is 0. The molecule has 1 aromatic carbocycles. The van der Waals surface area contributed by atoms with Crippen LogP contribution in [0, 0.1) is 12.7 Å². The van der Waals surface area contributed by atoms with Crippen LogP contribution in [-0.4, -0.2) is 43.6 Å². The van der Waals surface area contributed by atoms with E-state index in [1.165, 1.54) is 30.3 Å². The van der Waals surface area contributed by atoms with E-state index in [9.17, 15) is 23.1 Å². The van der Waals surface area contributed by atoms with Crippen LogP contribution >= 0.6 is 0 Å². The van der Waals surface area contributed by atoms with Crippen LogP contribution in [0.1, 0.15) is 36.3 Å². The number of hydrogen-bond donors (Lipinski definition) is 2. The highest BCUT2D eigenvalue weighted by molar-refractivity contribution is 5.85. The second-order valence-corrected chi connectivity index (χ2v) is 9.31. The molecule has 9 nitrogen and oxygen atoms in total. The van der Waals surface area contributed by atoms with E-state index in [4.69, 9.17) is 10.5 Å². The molecule has 5 rings (SSSR count). The van der Waals surface area contributed by atoms with Gasteiger partial charge in [-0.1, -0.05) is 6.07 Å². The van der Waals surface area contributed by atoms with Gasteiger partial charge in [0.05, 0.1) is 17.0 Å². The Morgan fingerprint density at radius 3 is 2.60 bits per heavy atom. The topological polar surface area (TPSA) is 127 Å². The molecule has 3 aromatic heterocycles. The standard InChI is InChI=1S/C28H25F3N6O3/c1-15-12-17(13-20(33-15)25(30)31)23-24(16-7-9-18(29)10-8-16)35-28(32)36-26(23)40-14-19-4-2-6-22(34-19)37-11-3-5-21(37)27(38)39/h2,4,6-10,12-13,21,25H,3,5,11,14H2,1H3,(H,38,39)(H2,32,35,36)/t21-/m1/s1. The molecule has 0 aliphatic carbocycles. The second-order valence-electron chi connectivity index (χ2n) is 9.31. The molecule has 1 fully saturated rings. The van der Waals surface area contributed by atoms with E-state index in [0.29, 0.717) is 41.3 Å². The Morgan fingerprint density at radius 1 is 1.10 bits per heavy atom. The van der Waals surface area contributed by atoms with E-state index in [1.54, 1.807) is 36.1 Å². The summed E-state index contributed by atoms with van der Waals surface area (Å²) in [5.74, 6) is -0.994. The first-order chi connectivity index (χ1) is 19.2. The molecule has 4 heterocycles. The minimum absolute atomic E-state index is 0.00873. The molecule has 1 saturated heterocycles. The number of carboxylic acid groups (broad SMARTS) is 1. The molecule has 0 bridgehead atoms. The van der Waals surface area contributed by atoms with Crippen LogP contribution in [0.4, 0.5) is 24.9 Å². The van der Waals surface area contributed by atoms with Crippen molar-refractivity contribution in [1.29, 1.82) is 0 Å². The number of rotatable bonds is 8. The highest BCUT2D eigenvalue weighted by atomic mass is 19.3. The third kappa shape index (κ3) is 5.65. The van der Waals surface area contributed by atoms with E-state index in [-0.39, 0.29) is 29.7 Å². The molecule has 0 radical (unpaired) electrons. The van der Waals surface area contributed by atoms with Crippen LogP contribution in [0.2, 0.25) is 0 Å². The molecule has 40 heavy (non-hydrogen) atoms. The summed E-state index contributed by atoms with van der Waals surface area (Å²) >= 11 is 0. The molecule has 0 saturated carbocycles. The highest BCUT2D eigenvalue weighted by Gasteiger charge is 2.31. The van der Waals surface area contributed by atoms with Gasteiger partial charge in [-0.05, 0) is 73.9 Å². The molecule has 4 aromatic rings. The molecule has 12 heteroatoms. The fourth-order valence-electron chi connectivity index (χ4n) is 4.74. The number of nitrogens with zero attached hydrogens (tertiary/aromatic N) is 5. The Balaban J connectivity index is 1.56. The zero-order valence-electron chi connectivity index (χ0n) is 21.4. The number of benzene rings is 1. The summed E-state index contributed by atoms with van der Waals surface area (Å²) < 4.78 is 47.1. The Morgan fingerprint density at radius 2 is 1.88 bits per heavy atom. The van der Waals surface area contributed by atoms with E-state index in [0.717, 1.165) is 6.42 Å². The first-order valence-corrected chi connectivity index (χ1v) is 12.5. The molecule has 0 unspecified atom stereocenters. The lowest BCUT2D eigenvalue weighted by molar-refractivity contribution is -0.138. The molecule has 0 spiro atoms. The number of halogens is 3. The first-order valence-electron chi connectivity index (χ1n) is 12.5. The smallest absolute Gasteiger partial charge is 0.326 e. The van der Waals surface area contributed by atoms with Gasteiger partial charge in [0.25, 0.3) is 6.43 Å². The number of carbonyl (C=O) groups is 1. The molecular weight excluding hydrogens is 525 g/mol. The number of pyridine rings is 2. The van der Waals surface area contributed by atoms with Crippen molar-refractivity contribution in [2.75, 3.05) is 17.2 Å². The number of aryl methyl sites for hydroxylation is 1. The third-order valence-electron chi connectivity index (χ3n) is 6.48. The van der Waals surface area contributed by atoms with Crippen molar-refractivity contribution in [3.63, 3.8) is 0 Å². The number of hydrogen-bond acceptors (Lipinski definition) is 8. The maximum Gasteiger partial charge on any atom is 0.326 e. The van der Waals surface area contributed by atoms with Crippen LogP contribution in [0.15, 0.2) is 54.6 Å². The number of nitrogen functional groups attached to an aromatic ring is 1. The molecule has 1 atom stereocenters. The monoisotopic (exact) mass is 550 g/mol. The minimum Gasteiger partial charge on any atom is -0.480 e. The van der Waals surface area contributed by atoms with Gasteiger partial charge in [0.1, 0.15) is 30.0 Å². The lowest BCUT2D eigenvalue weighted by Crippen LogP contribution is -2.36. The maximum absolute atomic E-state index is 13.7. The Kier molecular flexibility index (Phi) is 7.50. The average molecular weight is 551 g/mol. The molecule has 1 aliphatic rings. The van der Waals surface area contributed by atoms with Crippen molar-refractivity contribution in [3.8, 4) is 28.3 Å². The summed E-state index contributed by atoms with van der Waals surface area (Å²) in [5, 5.41) is 9.55. The summed E-state index contributed by atoms with van der Waals surface area (Å²) in [4.78, 5) is 30.5. The van der Waals surface area contributed by atoms with Gasteiger partial charge in [-0.15, -0.1) is 0 Å². The predicted octanol–water partition coefficient (Wildman–Crippen LogP) is 5.20. The molecular formula is C28H25F3N6O3. The van der Waals surface area contributed by atoms with Gasteiger partial charge in [0.15, 0.2) is 0 Å². The highest BCUT2D eigenvalue weighted by Crippen LogP contribution is 2.39. The number of ether oxygens (including phenoxy) is 1.